The van der Waals surface area contributed by atoms with E-state index in [0.717, 1.165) is 19.4 Å². The van der Waals surface area contributed by atoms with E-state index in [-0.39, 0.29) is 23.6 Å². The average molecular weight is 307 g/mol. The Morgan fingerprint density at radius 2 is 2.21 bits per heavy atom. The Bertz CT molecular complexity index is 517. The molecular weight excluding hydrogens is 288 g/mol. The number of likely N-dealkylation sites (N-methyl/N-ethyl adjacent to an activating group) is 1. The minimum atomic E-state index is -3.59. The lowest BCUT2D eigenvalue weighted by Crippen LogP contribution is -2.46. The van der Waals surface area contributed by atoms with Gasteiger partial charge in [0.05, 0.1) is 0 Å². The van der Waals surface area contributed by atoms with Crippen molar-refractivity contribution in [3.63, 3.8) is 0 Å². The molecular formula is C11H19ClN4O2S. The maximum Gasteiger partial charge on any atom is 0.278 e. The highest BCUT2D eigenvalue weighted by molar-refractivity contribution is 7.88. The summed E-state index contributed by atoms with van der Waals surface area (Å²) in [4.78, 5) is 7.87. The van der Waals surface area contributed by atoms with Gasteiger partial charge in [-0.15, -0.1) is 12.4 Å². The largest absolute Gasteiger partial charge is 0.315 e. The van der Waals surface area contributed by atoms with Crippen molar-refractivity contribution in [1.82, 2.24) is 19.6 Å². The standard InChI is InChI=1S/C11H18N4O2S.ClH/c1-9-5-7-13-11(14-9)18(16,17)15(2)10-4-3-6-12-8-10;/h5,7,10,12H,3-4,6,8H2,1-2H3;1H. The highest BCUT2D eigenvalue weighted by atomic mass is 35.5. The van der Waals surface area contributed by atoms with Gasteiger partial charge in [-0.25, -0.2) is 18.4 Å². The fourth-order valence-electron chi connectivity index (χ4n) is 2.02. The summed E-state index contributed by atoms with van der Waals surface area (Å²) in [5.74, 6) is 0. The van der Waals surface area contributed by atoms with E-state index in [1.165, 1.54) is 10.5 Å². The molecule has 0 bridgehead atoms. The van der Waals surface area contributed by atoms with Gasteiger partial charge in [0, 0.05) is 31.5 Å². The zero-order valence-corrected chi connectivity index (χ0v) is 12.7. The average Bonchev–Trinajstić information content (AvgIpc) is 2.39. The second-order valence-corrected chi connectivity index (χ2v) is 6.39. The van der Waals surface area contributed by atoms with Crippen LogP contribution >= 0.6 is 12.4 Å². The number of hydrogen-bond acceptors (Lipinski definition) is 5. The van der Waals surface area contributed by atoms with Crippen molar-refractivity contribution in [1.29, 1.82) is 0 Å². The number of aromatic nitrogens is 2. The smallest absolute Gasteiger partial charge is 0.278 e. The van der Waals surface area contributed by atoms with Crippen molar-refractivity contribution in [2.24, 2.45) is 0 Å². The molecule has 2 rings (SSSR count). The van der Waals surface area contributed by atoms with E-state index in [0.29, 0.717) is 12.2 Å². The van der Waals surface area contributed by atoms with Crippen LogP contribution in [0.2, 0.25) is 0 Å². The molecule has 2 heterocycles. The van der Waals surface area contributed by atoms with Gasteiger partial charge in [0.15, 0.2) is 0 Å². The van der Waals surface area contributed by atoms with Crippen LogP contribution in [-0.2, 0) is 10.0 Å². The van der Waals surface area contributed by atoms with Crippen LogP contribution in [0.3, 0.4) is 0 Å². The van der Waals surface area contributed by atoms with Gasteiger partial charge in [-0.05, 0) is 32.4 Å². The van der Waals surface area contributed by atoms with E-state index in [4.69, 9.17) is 0 Å². The summed E-state index contributed by atoms with van der Waals surface area (Å²) in [7, 11) is -1.99. The van der Waals surface area contributed by atoms with Gasteiger partial charge >= 0.3 is 0 Å². The van der Waals surface area contributed by atoms with Crippen molar-refractivity contribution < 1.29 is 8.42 Å². The Balaban J connectivity index is 0.00000180. The van der Waals surface area contributed by atoms with Crippen molar-refractivity contribution in [2.75, 3.05) is 20.1 Å². The molecule has 1 aliphatic heterocycles. The number of sulfonamides is 1. The molecule has 8 heteroatoms. The molecule has 1 atom stereocenters. The van der Waals surface area contributed by atoms with Gasteiger partial charge in [-0.3, -0.25) is 0 Å². The predicted molar refractivity (Wildman–Crippen MR) is 74.9 cm³/mol. The molecule has 1 fully saturated rings. The Morgan fingerprint density at radius 1 is 1.47 bits per heavy atom. The summed E-state index contributed by atoms with van der Waals surface area (Å²) in [5, 5.41) is 3.09. The molecule has 1 unspecified atom stereocenters. The van der Waals surface area contributed by atoms with Crippen LogP contribution in [0.1, 0.15) is 18.5 Å². The third kappa shape index (κ3) is 3.62. The maximum absolute atomic E-state index is 12.4. The first-order valence-electron chi connectivity index (χ1n) is 6.00. The first-order chi connectivity index (χ1) is 8.51. The maximum atomic E-state index is 12.4. The topological polar surface area (TPSA) is 75.2 Å². The molecule has 0 aliphatic carbocycles. The third-order valence-corrected chi connectivity index (χ3v) is 4.88. The summed E-state index contributed by atoms with van der Waals surface area (Å²) in [6.07, 6.45) is 3.33. The molecule has 6 nitrogen and oxygen atoms in total. The summed E-state index contributed by atoms with van der Waals surface area (Å²) in [6, 6.07) is 1.66. The van der Waals surface area contributed by atoms with E-state index in [2.05, 4.69) is 15.3 Å². The number of halogens is 1. The predicted octanol–water partition coefficient (Wildman–Crippen LogP) is 0.579. The molecule has 1 aromatic rings. The third-order valence-electron chi connectivity index (χ3n) is 3.17. The summed E-state index contributed by atoms with van der Waals surface area (Å²) < 4.78 is 26.1. The first-order valence-corrected chi connectivity index (χ1v) is 7.44. The zero-order chi connectivity index (χ0) is 13.2. The SMILES string of the molecule is Cc1ccnc(S(=O)(=O)N(C)C2CCCNC2)n1.Cl. The molecule has 1 aromatic heterocycles. The monoisotopic (exact) mass is 306 g/mol. The molecule has 0 amide bonds. The fraction of sp³-hybridized carbons (Fsp3) is 0.636. The van der Waals surface area contributed by atoms with Gasteiger partial charge in [-0.1, -0.05) is 0 Å². The number of nitrogens with one attached hydrogen (secondary N) is 1. The van der Waals surface area contributed by atoms with Crippen LogP contribution in [0.15, 0.2) is 17.4 Å². The minimum absolute atomic E-state index is 0. The number of nitrogens with zero attached hydrogens (tertiary/aromatic N) is 3. The minimum Gasteiger partial charge on any atom is -0.315 e. The first kappa shape index (κ1) is 16.3. The lowest BCUT2D eigenvalue weighted by atomic mass is 10.1. The van der Waals surface area contributed by atoms with E-state index < -0.39 is 10.0 Å². The number of aryl methyl sites for hydroxylation is 1. The fourth-order valence-corrected chi connectivity index (χ4v) is 3.30. The lowest BCUT2D eigenvalue weighted by Gasteiger charge is -2.30. The molecule has 0 radical (unpaired) electrons. The van der Waals surface area contributed by atoms with Crippen LogP contribution in [0.5, 0.6) is 0 Å². The summed E-state index contributed by atoms with van der Waals surface area (Å²) in [6.45, 7) is 3.38. The van der Waals surface area contributed by atoms with Gasteiger partial charge in [0.25, 0.3) is 15.2 Å². The highest BCUT2D eigenvalue weighted by Crippen LogP contribution is 2.16. The summed E-state index contributed by atoms with van der Waals surface area (Å²) in [5.41, 5.74) is 0.652. The van der Waals surface area contributed by atoms with Gasteiger partial charge in [0.1, 0.15) is 0 Å². The number of hydrogen-bond donors (Lipinski definition) is 1. The van der Waals surface area contributed by atoms with Gasteiger partial charge in [0.2, 0.25) is 0 Å². The normalized spacial score (nSPS) is 20.1. The Labute approximate surface area is 120 Å². The van der Waals surface area contributed by atoms with Crippen LogP contribution in [0.4, 0.5) is 0 Å². The summed E-state index contributed by atoms with van der Waals surface area (Å²) >= 11 is 0. The van der Waals surface area contributed by atoms with Crippen LogP contribution in [-0.4, -0.2) is 48.9 Å². The van der Waals surface area contributed by atoms with E-state index in [1.54, 1.807) is 20.0 Å². The van der Waals surface area contributed by atoms with Crippen LogP contribution in [0, 0.1) is 6.92 Å². The Morgan fingerprint density at radius 3 is 2.79 bits per heavy atom. The Kier molecular flexibility index (Phi) is 5.66. The van der Waals surface area contributed by atoms with Crippen LogP contribution < -0.4 is 5.32 Å². The van der Waals surface area contributed by atoms with Crippen molar-refractivity contribution in [3.8, 4) is 0 Å². The molecule has 19 heavy (non-hydrogen) atoms. The van der Waals surface area contributed by atoms with Crippen molar-refractivity contribution >= 4 is 22.4 Å². The molecule has 108 valence electrons. The Hall–Kier alpha value is -0.760. The molecule has 1 aliphatic rings. The van der Waals surface area contributed by atoms with E-state index in [9.17, 15) is 8.42 Å². The number of piperidine rings is 1. The van der Waals surface area contributed by atoms with Crippen LogP contribution in [0.25, 0.3) is 0 Å². The lowest BCUT2D eigenvalue weighted by molar-refractivity contribution is 0.298. The molecule has 1 saturated heterocycles. The van der Waals surface area contributed by atoms with E-state index >= 15 is 0 Å². The number of rotatable bonds is 3. The van der Waals surface area contributed by atoms with Gasteiger partial charge < -0.3 is 5.32 Å². The van der Waals surface area contributed by atoms with Gasteiger partial charge in [-0.2, -0.15) is 4.31 Å². The van der Waals surface area contributed by atoms with E-state index in [1.807, 2.05) is 0 Å². The molecule has 0 spiro atoms. The quantitative estimate of drug-likeness (QED) is 0.827. The van der Waals surface area contributed by atoms with Crippen molar-refractivity contribution in [3.05, 3.63) is 18.0 Å². The zero-order valence-electron chi connectivity index (χ0n) is 11.0. The highest BCUT2D eigenvalue weighted by Gasteiger charge is 2.31. The molecule has 1 N–H and O–H groups in total. The second kappa shape index (κ2) is 6.60. The second-order valence-electron chi connectivity index (χ2n) is 4.50. The molecule has 0 aromatic carbocycles. The molecule has 0 saturated carbocycles. The van der Waals surface area contributed by atoms with Crippen molar-refractivity contribution in [2.45, 2.75) is 31.0 Å².